The number of piperidine rings is 1. The van der Waals surface area contributed by atoms with E-state index >= 15 is 0 Å². The smallest absolute Gasteiger partial charge is 0.254 e. The van der Waals surface area contributed by atoms with Crippen LogP contribution in [0.25, 0.3) is 0 Å². The molecular formula is C20H26N4O5. The lowest BCUT2D eigenvalue weighted by atomic mass is 10.1. The summed E-state index contributed by atoms with van der Waals surface area (Å²) < 4.78 is 16.0. The average Bonchev–Trinajstić information content (AvgIpc) is 3.15. The molecule has 2 aromatic rings. The number of ether oxygens (including phenoxy) is 2. The fourth-order valence-corrected chi connectivity index (χ4v) is 3.27. The number of amides is 2. The highest BCUT2D eigenvalue weighted by atomic mass is 16.5. The largest absolute Gasteiger partial charge is 0.376 e. The lowest BCUT2D eigenvalue weighted by molar-refractivity contribution is -0.114. The van der Waals surface area contributed by atoms with Crippen LogP contribution in [0.5, 0.6) is 0 Å². The van der Waals surface area contributed by atoms with E-state index in [2.05, 4.69) is 15.5 Å². The van der Waals surface area contributed by atoms with Crippen molar-refractivity contribution >= 4 is 17.5 Å². The van der Waals surface area contributed by atoms with E-state index in [1.807, 2.05) is 0 Å². The minimum absolute atomic E-state index is 0.0310. The number of benzene rings is 1. The fourth-order valence-electron chi connectivity index (χ4n) is 3.27. The van der Waals surface area contributed by atoms with Crippen molar-refractivity contribution in [3.63, 3.8) is 0 Å². The molecule has 1 aromatic carbocycles. The molecule has 0 bridgehead atoms. The third-order valence-electron chi connectivity index (χ3n) is 4.55. The van der Waals surface area contributed by atoms with Crippen LogP contribution in [0.4, 0.5) is 5.69 Å². The second-order valence-corrected chi connectivity index (χ2v) is 6.94. The van der Waals surface area contributed by atoms with E-state index in [9.17, 15) is 9.59 Å². The van der Waals surface area contributed by atoms with E-state index in [1.165, 1.54) is 6.92 Å². The van der Waals surface area contributed by atoms with Gasteiger partial charge in [0.15, 0.2) is 5.82 Å². The topological polar surface area (TPSA) is 107 Å². The number of likely N-dealkylation sites (tertiary alicyclic amines) is 1. The van der Waals surface area contributed by atoms with E-state index in [0.29, 0.717) is 49.1 Å². The number of rotatable bonds is 8. The van der Waals surface area contributed by atoms with Crippen LogP contribution in [0.15, 0.2) is 28.8 Å². The summed E-state index contributed by atoms with van der Waals surface area (Å²) in [6.45, 7) is 3.40. The molecule has 0 spiro atoms. The number of anilines is 1. The van der Waals surface area contributed by atoms with Crippen molar-refractivity contribution in [1.82, 2.24) is 15.0 Å². The number of nitrogens with zero attached hydrogens (tertiary/aromatic N) is 3. The van der Waals surface area contributed by atoms with E-state index in [4.69, 9.17) is 14.0 Å². The Balaban J connectivity index is 1.50. The minimum Gasteiger partial charge on any atom is -0.376 e. The molecule has 1 aliphatic rings. The zero-order valence-corrected chi connectivity index (χ0v) is 16.7. The van der Waals surface area contributed by atoms with Gasteiger partial charge >= 0.3 is 0 Å². The maximum Gasteiger partial charge on any atom is 0.254 e. The number of carbonyl (C=O) groups excluding carboxylic acids is 2. The van der Waals surface area contributed by atoms with Gasteiger partial charge in [0.1, 0.15) is 6.61 Å². The molecule has 0 aliphatic carbocycles. The summed E-state index contributed by atoms with van der Waals surface area (Å²) in [7, 11) is 1.57. The molecule has 2 heterocycles. The predicted octanol–water partition coefficient (Wildman–Crippen LogP) is 2.04. The van der Waals surface area contributed by atoms with Crippen molar-refractivity contribution < 1.29 is 23.6 Å². The van der Waals surface area contributed by atoms with Crippen LogP contribution in [0, 0.1) is 0 Å². The van der Waals surface area contributed by atoms with Gasteiger partial charge in [-0.25, -0.2) is 0 Å². The molecule has 3 rings (SSSR count). The Kier molecular flexibility index (Phi) is 7.31. The van der Waals surface area contributed by atoms with Gasteiger partial charge < -0.3 is 24.2 Å². The Hall–Kier alpha value is -2.78. The minimum atomic E-state index is -0.169. The second kappa shape index (κ2) is 10.1. The molecule has 1 unspecified atom stereocenters. The van der Waals surface area contributed by atoms with Gasteiger partial charge in [-0.2, -0.15) is 4.98 Å². The molecule has 1 saturated heterocycles. The highest BCUT2D eigenvalue weighted by molar-refractivity contribution is 5.96. The Morgan fingerprint density at radius 3 is 3.03 bits per heavy atom. The molecule has 0 radical (unpaired) electrons. The molecule has 1 fully saturated rings. The van der Waals surface area contributed by atoms with Gasteiger partial charge in [-0.15, -0.1) is 0 Å². The zero-order valence-electron chi connectivity index (χ0n) is 16.7. The first-order valence-electron chi connectivity index (χ1n) is 9.64. The molecule has 0 saturated carbocycles. The van der Waals surface area contributed by atoms with Crippen LogP contribution in [-0.4, -0.2) is 59.8 Å². The van der Waals surface area contributed by atoms with Crippen LogP contribution < -0.4 is 5.32 Å². The van der Waals surface area contributed by atoms with Crippen LogP contribution in [0.2, 0.25) is 0 Å². The molecule has 29 heavy (non-hydrogen) atoms. The van der Waals surface area contributed by atoms with Crippen molar-refractivity contribution in [2.75, 3.05) is 32.1 Å². The first-order chi connectivity index (χ1) is 14.0. The monoisotopic (exact) mass is 402 g/mol. The predicted molar refractivity (Wildman–Crippen MR) is 104 cm³/mol. The Morgan fingerprint density at radius 1 is 1.38 bits per heavy atom. The number of aromatic nitrogens is 2. The first kappa shape index (κ1) is 20.9. The molecule has 1 aliphatic heterocycles. The van der Waals surface area contributed by atoms with Crippen molar-refractivity contribution in [3.05, 3.63) is 41.5 Å². The average molecular weight is 402 g/mol. The number of hydrogen-bond acceptors (Lipinski definition) is 7. The molecule has 156 valence electrons. The second-order valence-electron chi connectivity index (χ2n) is 6.94. The summed E-state index contributed by atoms with van der Waals surface area (Å²) in [6, 6.07) is 6.98. The van der Waals surface area contributed by atoms with Gasteiger partial charge in [-0.3, -0.25) is 9.59 Å². The van der Waals surface area contributed by atoms with E-state index in [1.54, 1.807) is 36.3 Å². The highest BCUT2D eigenvalue weighted by Crippen LogP contribution is 2.18. The van der Waals surface area contributed by atoms with Crippen molar-refractivity contribution in [2.45, 2.75) is 38.9 Å². The summed E-state index contributed by atoms with van der Waals surface area (Å²) in [4.78, 5) is 30.1. The Bertz CT molecular complexity index is 838. The zero-order chi connectivity index (χ0) is 20.6. The Morgan fingerprint density at radius 2 is 2.24 bits per heavy atom. The van der Waals surface area contributed by atoms with Crippen molar-refractivity contribution in [2.24, 2.45) is 0 Å². The summed E-state index contributed by atoms with van der Waals surface area (Å²) in [5, 5.41) is 6.59. The molecule has 2 amide bonds. The maximum atomic E-state index is 12.9. The van der Waals surface area contributed by atoms with Crippen LogP contribution in [-0.2, 0) is 27.3 Å². The van der Waals surface area contributed by atoms with Gasteiger partial charge in [-0.1, -0.05) is 11.2 Å². The van der Waals surface area contributed by atoms with Gasteiger partial charge in [0.25, 0.3) is 11.8 Å². The van der Waals surface area contributed by atoms with Gasteiger partial charge in [0.05, 0.1) is 12.7 Å². The number of hydrogen-bond donors (Lipinski definition) is 1. The number of methoxy groups -OCH3 is 1. The third-order valence-corrected chi connectivity index (χ3v) is 4.55. The highest BCUT2D eigenvalue weighted by Gasteiger charge is 2.25. The van der Waals surface area contributed by atoms with Gasteiger partial charge in [-0.05, 0) is 31.0 Å². The quantitative estimate of drug-likeness (QED) is 0.720. The standard InChI is InChI=1S/C20H26N4O5/c1-14(25)21-16-6-3-5-15(11-16)20(26)24-9-4-7-17(12-24)28-10-8-18-22-19(13-27-2)29-23-18/h3,5-6,11,17H,4,7-10,12-13H2,1-2H3,(H,21,25). The summed E-state index contributed by atoms with van der Waals surface area (Å²) >= 11 is 0. The normalized spacial score (nSPS) is 16.6. The van der Waals surface area contributed by atoms with E-state index < -0.39 is 0 Å². The SMILES string of the molecule is COCc1nc(CCOC2CCCN(C(=O)c3cccc(NC(C)=O)c3)C2)no1. The molecule has 1 N–H and O–H groups in total. The molecule has 9 heteroatoms. The van der Waals surface area contributed by atoms with Crippen LogP contribution in [0.3, 0.4) is 0 Å². The molecule has 9 nitrogen and oxygen atoms in total. The van der Waals surface area contributed by atoms with Crippen LogP contribution in [0.1, 0.15) is 41.8 Å². The summed E-state index contributed by atoms with van der Waals surface area (Å²) in [5.41, 5.74) is 1.16. The first-order valence-corrected chi connectivity index (χ1v) is 9.64. The summed E-state index contributed by atoms with van der Waals surface area (Å²) in [5.74, 6) is 0.791. The van der Waals surface area contributed by atoms with Crippen molar-refractivity contribution in [1.29, 1.82) is 0 Å². The molecular weight excluding hydrogens is 376 g/mol. The maximum absolute atomic E-state index is 12.9. The number of carbonyl (C=O) groups is 2. The lowest BCUT2D eigenvalue weighted by Crippen LogP contribution is -2.43. The Labute approximate surface area is 169 Å². The van der Waals surface area contributed by atoms with Gasteiger partial charge in [0.2, 0.25) is 5.91 Å². The molecule has 1 aromatic heterocycles. The summed E-state index contributed by atoms with van der Waals surface area (Å²) in [6.07, 6.45) is 2.28. The third kappa shape index (κ3) is 6.10. The van der Waals surface area contributed by atoms with Crippen molar-refractivity contribution in [3.8, 4) is 0 Å². The van der Waals surface area contributed by atoms with Crippen LogP contribution >= 0.6 is 0 Å². The number of nitrogens with one attached hydrogen (secondary N) is 1. The van der Waals surface area contributed by atoms with E-state index in [-0.39, 0.29) is 24.5 Å². The lowest BCUT2D eigenvalue weighted by Gasteiger charge is -2.32. The molecule has 1 atom stereocenters. The van der Waals surface area contributed by atoms with E-state index in [0.717, 1.165) is 12.8 Å². The van der Waals surface area contributed by atoms with Gasteiger partial charge in [0, 0.05) is 44.8 Å². The fraction of sp³-hybridized carbons (Fsp3) is 0.500.